The number of aryl methyl sites for hydroxylation is 2. The third kappa shape index (κ3) is 3.70. The summed E-state index contributed by atoms with van der Waals surface area (Å²) >= 11 is 3.21. The number of aromatic nitrogens is 6. The van der Waals surface area contributed by atoms with Crippen LogP contribution in [0.15, 0.2) is 14.8 Å². The molecular formula is C8H12N6OS2. The summed E-state index contributed by atoms with van der Waals surface area (Å²) in [5.74, 6) is 2.51. The number of hydrogen-bond acceptors (Lipinski definition) is 8. The van der Waals surface area contributed by atoms with Gasteiger partial charge in [0.1, 0.15) is 0 Å². The SMILES string of the molecule is Cc1nnc(SCCCSc2nnnn2C)o1. The Morgan fingerprint density at radius 3 is 2.65 bits per heavy atom. The second kappa shape index (κ2) is 6.01. The van der Waals surface area contributed by atoms with Gasteiger partial charge in [-0.2, -0.15) is 0 Å². The summed E-state index contributed by atoms with van der Waals surface area (Å²) < 4.78 is 6.92. The van der Waals surface area contributed by atoms with Crippen LogP contribution in [0.1, 0.15) is 12.3 Å². The Bertz CT molecular complexity index is 470. The van der Waals surface area contributed by atoms with Gasteiger partial charge in [0.15, 0.2) is 0 Å². The number of hydrogen-bond donors (Lipinski definition) is 0. The number of thioether (sulfide) groups is 2. The number of rotatable bonds is 6. The molecule has 92 valence electrons. The second-order valence-electron chi connectivity index (χ2n) is 3.22. The summed E-state index contributed by atoms with van der Waals surface area (Å²) in [6.45, 7) is 1.79. The van der Waals surface area contributed by atoms with Crippen LogP contribution in [0.25, 0.3) is 0 Å². The quantitative estimate of drug-likeness (QED) is 0.572. The molecule has 0 aliphatic heterocycles. The Hall–Kier alpha value is -1.09. The molecule has 0 aliphatic carbocycles. The van der Waals surface area contributed by atoms with Crippen molar-refractivity contribution in [2.45, 2.75) is 23.7 Å². The molecule has 7 nitrogen and oxygen atoms in total. The van der Waals surface area contributed by atoms with Gasteiger partial charge in [0.2, 0.25) is 11.0 Å². The monoisotopic (exact) mass is 272 g/mol. The first-order valence-corrected chi connectivity index (χ1v) is 7.01. The molecular weight excluding hydrogens is 260 g/mol. The van der Waals surface area contributed by atoms with Gasteiger partial charge in [-0.15, -0.1) is 15.3 Å². The van der Waals surface area contributed by atoms with Gasteiger partial charge in [-0.3, -0.25) is 0 Å². The molecule has 0 bridgehead atoms. The van der Waals surface area contributed by atoms with Crippen LogP contribution in [-0.4, -0.2) is 41.9 Å². The molecule has 9 heteroatoms. The van der Waals surface area contributed by atoms with E-state index in [0.29, 0.717) is 11.1 Å². The predicted octanol–water partition coefficient (Wildman–Crippen LogP) is 1.18. The Balaban J connectivity index is 1.62. The summed E-state index contributed by atoms with van der Waals surface area (Å²) in [4.78, 5) is 0. The first-order valence-electron chi connectivity index (χ1n) is 5.04. The number of nitrogens with zero attached hydrogens (tertiary/aromatic N) is 6. The van der Waals surface area contributed by atoms with E-state index in [1.165, 1.54) is 0 Å². The minimum atomic E-state index is 0.604. The van der Waals surface area contributed by atoms with E-state index in [-0.39, 0.29) is 0 Å². The minimum Gasteiger partial charge on any atom is -0.416 e. The lowest BCUT2D eigenvalue weighted by Gasteiger charge is -1.98. The molecule has 0 N–H and O–H groups in total. The molecule has 0 saturated heterocycles. The highest BCUT2D eigenvalue weighted by Crippen LogP contribution is 2.19. The van der Waals surface area contributed by atoms with Gasteiger partial charge in [0.25, 0.3) is 5.22 Å². The Labute approximate surface area is 107 Å². The lowest BCUT2D eigenvalue weighted by atomic mass is 10.6. The molecule has 0 atom stereocenters. The van der Waals surface area contributed by atoms with Crippen molar-refractivity contribution in [3.05, 3.63) is 5.89 Å². The third-order valence-electron chi connectivity index (χ3n) is 1.83. The van der Waals surface area contributed by atoms with Crippen LogP contribution in [0.4, 0.5) is 0 Å². The fraction of sp³-hybridized carbons (Fsp3) is 0.625. The maximum absolute atomic E-state index is 5.25. The van der Waals surface area contributed by atoms with Gasteiger partial charge in [-0.05, 0) is 16.8 Å². The van der Waals surface area contributed by atoms with Crippen molar-refractivity contribution >= 4 is 23.5 Å². The fourth-order valence-corrected chi connectivity index (χ4v) is 2.78. The zero-order valence-corrected chi connectivity index (χ0v) is 11.2. The summed E-state index contributed by atoms with van der Waals surface area (Å²) in [6.07, 6.45) is 1.03. The molecule has 0 amide bonds. The van der Waals surface area contributed by atoms with Gasteiger partial charge >= 0.3 is 0 Å². The normalized spacial score (nSPS) is 10.9. The fourth-order valence-electron chi connectivity index (χ4n) is 1.06. The highest BCUT2D eigenvalue weighted by molar-refractivity contribution is 7.99. The molecule has 0 spiro atoms. The standard InChI is InChI=1S/C8H12N6OS2/c1-6-9-11-8(15-6)17-5-3-4-16-7-10-12-13-14(7)2/h3-5H2,1-2H3. The van der Waals surface area contributed by atoms with Crippen LogP contribution in [0.5, 0.6) is 0 Å². The van der Waals surface area contributed by atoms with Gasteiger partial charge in [0, 0.05) is 25.5 Å². The average Bonchev–Trinajstić information content (AvgIpc) is 2.88. The van der Waals surface area contributed by atoms with Crippen LogP contribution >= 0.6 is 23.5 Å². The molecule has 2 heterocycles. The highest BCUT2D eigenvalue weighted by Gasteiger charge is 2.04. The van der Waals surface area contributed by atoms with Gasteiger partial charge in [-0.1, -0.05) is 23.5 Å². The first-order chi connectivity index (χ1) is 8.25. The zero-order valence-electron chi connectivity index (χ0n) is 9.53. The van der Waals surface area contributed by atoms with Crippen LogP contribution in [0.2, 0.25) is 0 Å². The van der Waals surface area contributed by atoms with Crippen LogP contribution in [-0.2, 0) is 7.05 Å². The molecule has 0 saturated carbocycles. The molecule has 0 unspecified atom stereocenters. The maximum atomic E-state index is 5.25. The van der Waals surface area contributed by atoms with Crippen molar-refractivity contribution in [3.63, 3.8) is 0 Å². The van der Waals surface area contributed by atoms with Gasteiger partial charge in [0.05, 0.1) is 0 Å². The summed E-state index contributed by atoms with van der Waals surface area (Å²) in [6, 6.07) is 0. The largest absolute Gasteiger partial charge is 0.416 e. The molecule has 0 fully saturated rings. The molecule has 2 rings (SSSR count). The van der Waals surface area contributed by atoms with E-state index in [4.69, 9.17) is 4.42 Å². The van der Waals surface area contributed by atoms with E-state index in [2.05, 4.69) is 25.7 Å². The van der Waals surface area contributed by atoms with E-state index < -0.39 is 0 Å². The lowest BCUT2D eigenvalue weighted by molar-refractivity contribution is 0.429. The van der Waals surface area contributed by atoms with E-state index >= 15 is 0 Å². The van der Waals surface area contributed by atoms with E-state index in [9.17, 15) is 0 Å². The minimum absolute atomic E-state index is 0.604. The zero-order chi connectivity index (χ0) is 12.1. The maximum Gasteiger partial charge on any atom is 0.276 e. The van der Waals surface area contributed by atoms with Crippen LogP contribution in [0.3, 0.4) is 0 Å². The van der Waals surface area contributed by atoms with Crippen molar-refractivity contribution in [2.75, 3.05) is 11.5 Å². The average molecular weight is 272 g/mol. The van der Waals surface area contributed by atoms with E-state index in [0.717, 1.165) is 23.1 Å². The lowest BCUT2D eigenvalue weighted by Crippen LogP contribution is -1.94. The molecule has 17 heavy (non-hydrogen) atoms. The third-order valence-corrected chi connectivity index (χ3v) is 3.84. The van der Waals surface area contributed by atoms with Crippen molar-refractivity contribution < 1.29 is 4.42 Å². The molecule has 2 aromatic heterocycles. The van der Waals surface area contributed by atoms with Gasteiger partial charge < -0.3 is 4.42 Å². The molecule has 0 aromatic carbocycles. The Kier molecular flexibility index (Phi) is 4.37. The summed E-state index contributed by atoms with van der Waals surface area (Å²) in [7, 11) is 1.83. The highest BCUT2D eigenvalue weighted by atomic mass is 32.2. The smallest absolute Gasteiger partial charge is 0.276 e. The molecule has 0 aliphatic rings. The summed E-state index contributed by atoms with van der Waals surface area (Å²) in [5.41, 5.74) is 0. The van der Waals surface area contributed by atoms with E-state index in [1.807, 2.05) is 7.05 Å². The topological polar surface area (TPSA) is 82.5 Å². The van der Waals surface area contributed by atoms with Crippen molar-refractivity contribution in [3.8, 4) is 0 Å². The van der Waals surface area contributed by atoms with Crippen LogP contribution < -0.4 is 0 Å². The second-order valence-corrected chi connectivity index (χ2v) is 5.33. The van der Waals surface area contributed by atoms with Gasteiger partial charge in [-0.25, -0.2) is 4.68 Å². The van der Waals surface area contributed by atoms with E-state index in [1.54, 1.807) is 35.1 Å². The first kappa shape index (κ1) is 12.4. The Morgan fingerprint density at radius 2 is 2.00 bits per heavy atom. The van der Waals surface area contributed by atoms with Crippen LogP contribution in [0, 0.1) is 6.92 Å². The summed E-state index contributed by atoms with van der Waals surface area (Å²) in [5, 5.41) is 20.4. The number of tetrazole rings is 1. The van der Waals surface area contributed by atoms with Crippen molar-refractivity contribution in [1.29, 1.82) is 0 Å². The Morgan fingerprint density at radius 1 is 1.18 bits per heavy atom. The predicted molar refractivity (Wildman–Crippen MR) is 63.9 cm³/mol. The molecule has 2 aromatic rings. The van der Waals surface area contributed by atoms with Crippen molar-refractivity contribution in [1.82, 2.24) is 30.4 Å². The van der Waals surface area contributed by atoms with Crippen molar-refractivity contribution in [2.24, 2.45) is 7.05 Å². The molecule has 0 radical (unpaired) electrons.